The zero-order valence-electron chi connectivity index (χ0n) is 13.6. The molecule has 0 aliphatic rings. The quantitative estimate of drug-likeness (QED) is 0.637. The van der Waals surface area contributed by atoms with Crippen molar-refractivity contribution in [2.45, 2.75) is 18.2 Å². The molecule has 1 heterocycles. The number of benzene rings is 2. The molecule has 5 nitrogen and oxygen atoms in total. The van der Waals surface area contributed by atoms with Gasteiger partial charge in [0.15, 0.2) is 15.0 Å². The fraction of sp³-hybridized carbons (Fsp3) is 0.176. The number of nitrogens with one attached hydrogen (secondary N) is 1. The van der Waals surface area contributed by atoms with Gasteiger partial charge in [-0.2, -0.15) is 0 Å². The highest BCUT2D eigenvalue weighted by Crippen LogP contribution is 2.31. The van der Waals surface area contributed by atoms with Crippen LogP contribution in [0.15, 0.2) is 41.3 Å². The first-order valence-electron chi connectivity index (χ1n) is 7.60. The van der Waals surface area contributed by atoms with Crippen LogP contribution in [0.4, 0.5) is 5.13 Å². The Bertz CT molecular complexity index is 1080. The van der Waals surface area contributed by atoms with Crippen LogP contribution in [0.3, 0.4) is 0 Å². The van der Waals surface area contributed by atoms with Gasteiger partial charge in [0.05, 0.1) is 20.9 Å². The zero-order valence-corrected chi connectivity index (χ0v) is 16.8. The number of carbonyl (C=O) groups excluding carboxylic acids is 1. The Balaban J connectivity index is 1.67. The summed E-state index contributed by atoms with van der Waals surface area (Å²) in [7, 11) is -3.56. The molecule has 0 bridgehead atoms. The smallest absolute Gasteiger partial charge is 0.227 e. The van der Waals surface area contributed by atoms with Gasteiger partial charge in [0.1, 0.15) is 0 Å². The average molecular weight is 429 g/mol. The van der Waals surface area contributed by atoms with Gasteiger partial charge in [-0.25, -0.2) is 13.4 Å². The summed E-state index contributed by atoms with van der Waals surface area (Å²) in [4.78, 5) is 16.6. The Morgan fingerprint density at radius 3 is 2.54 bits per heavy atom. The second-order valence-electron chi connectivity index (χ2n) is 5.61. The Morgan fingerprint density at radius 2 is 1.85 bits per heavy atom. The molecule has 1 amide bonds. The monoisotopic (exact) mass is 428 g/mol. The van der Waals surface area contributed by atoms with Crippen LogP contribution in [0, 0.1) is 6.92 Å². The van der Waals surface area contributed by atoms with Crippen molar-refractivity contribution in [3.63, 3.8) is 0 Å². The van der Waals surface area contributed by atoms with Gasteiger partial charge in [-0.15, -0.1) is 0 Å². The lowest BCUT2D eigenvalue weighted by Gasteiger charge is -2.04. The molecule has 0 saturated heterocycles. The van der Waals surface area contributed by atoms with Gasteiger partial charge in [-0.3, -0.25) is 4.79 Å². The number of thiazole rings is 1. The van der Waals surface area contributed by atoms with Gasteiger partial charge < -0.3 is 5.32 Å². The van der Waals surface area contributed by atoms with Crippen molar-refractivity contribution in [1.82, 2.24) is 4.98 Å². The van der Waals surface area contributed by atoms with E-state index in [1.54, 1.807) is 6.07 Å². The highest BCUT2D eigenvalue weighted by atomic mass is 35.5. The molecule has 136 valence electrons. The van der Waals surface area contributed by atoms with E-state index in [1.807, 2.05) is 13.0 Å². The molecular weight excluding hydrogens is 415 g/mol. The maximum absolute atomic E-state index is 12.3. The van der Waals surface area contributed by atoms with Crippen LogP contribution in [0.5, 0.6) is 0 Å². The molecule has 0 fully saturated rings. The maximum atomic E-state index is 12.3. The lowest BCUT2D eigenvalue weighted by atomic mass is 10.2. The summed E-state index contributed by atoms with van der Waals surface area (Å²) in [5.41, 5.74) is 1.57. The molecule has 0 spiro atoms. The minimum Gasteiger partial charge on any atom is -0.302 e. The number of carbonyl (C=O) groups is 1. The third kappa shape index (κ3) is 4.17. The molecule has 0 unspecified atom stereocenters. The minimum atomic E-state index is -3.56. The van der Waals surface area contributed by atoms with E-state index in [0.717, 1.165) is 15.8 Å². The summed E-state index contributed by atoms with van der Waals surface area (Å²) in [6.45, 7) is 1.86. The Kier molecular flexibility index (Phi) is 5.53. The van der Waals surface area contributed by atoms with E-state index < -0.39 is 15.7 Å². The van der Waals surface area contributed by atoms with Crippen LogP contribution < -0.4 is 5.32 Å². The first-order chi connectivity index (χ1) is 12.3. The minimum absolute atomic E-state index is 0.139. The van der Waals surface area contributed by atoms with Gasteiger partial charge in [0.25, 0.3) is 0 Å². The number of anilines is 1. The number of halogens is 2. The van der Waals surface area contributed by atoms with E-state index in [2.05, 4.69) is 10.3 Å². The van der Waals surface area contributed by atoms with Crippen molar-refractivity contribution in [2.24, 2.45) is 0 Å². The lowest BCUT2D eigenvalue weighted by molar-refractivity contribution is -0.115. The average Bonchev–Trinajstić information content (AvgIpc) is 3.00. The summed E-state index contributed by atoms with van der Waals surface area (Å²) >= 11 is 13.1. The highest BCUT2D eigenvalue weighted by molar-refractivity contribution is 7.91. The molecule has 26 heavy (non-hydrogen) atoms. The SMILES string of the molecule is Cc1c(Cl)ccc2sc(NC(=O)CCS(=O)(=O)c3ccc(Cl)cc3)nc12. The molecule has 1 N–H and O–H groups in total. The van der Waals surface area contributed by atoms with E-state index in [-0.39, 0.29) is 17.1 Å². The second-order valence-corrected chi connectivity index (χ2v) is 9.59. The molecule has 0 aliphatic heterocycles. The molecule has 2 aromatic carbocycles. The van der Waals surface area contributed by atoms with E-state index >= 15 is 0 Å². The van der Waals surface area contributed by atoms with Crippen molar-refractivity contribution < 1.29 is 13.2 Å². The summed E-state index contributed by atoms with van der Waals surface area (Å²) in [6.07, 6.45) is -0.166. The molecule has 3 rings (SSSR count). The molecule has 0 atom stereocenters. The normalized spacial score (nSPS) is 11.7. The molecule has 1 aromatic heterocycles. The third-order valence-electron chi connectivity index (χ3n) is 3.76. The van der Waals surface area contributed by atoms with Crippen LogP contribution in [0.2, 0.25) is 10.0 Å². The molecule has 0 aliphatic carbocycles. The van der Waals surface area contributed by atoms with Gasteiger partial charge in [0.2, 0.25) is 5.91 Å². The number of aryl methyl sites for hydroxylation is 1. The molecule has 0 saturated carbocycles. The molecular formula is C17H14Cl2N2O3S2. The van der Waals surface area contributed by atoms with Gasteiger partial charge >= 0.3 is 0 Å². The largest absolute Gasteiger partial charge is 0.302 e. The number of nitrogens with zero attached hydrogens (tertiary/aromatic N) is 1. The van der Waals surface area contributed by atoms with Crippen LogP contribution in [-0.4, -0.2) is 25.1 Å². The van der Waals surface area contributed by atoms with Crippen LogP contribution in [0.25, 0.3) is 10.2 Å². The first kappa shape index (κ1) is 19.1. The summed E-state index contributed by atoms with van der Waals surface area (Å²) < 4.78 is 25.4. The Labute approximate surface area is 164 Å². The number of aromatic nitrogens is 1. The predicted molar refractivity (Wildman–Crippen MR) is 106 cm³/mol. The number of sulfone groups is 1. The summed E-state index contributed by atoms with van der Waals surface area (Å²) in [5.74, 6) is -0.707. The number of hydrogen-bond donors (Lipinski definition) is 1. The topological polar surface area (TPSA) is 76.1 Å². The van der Waals surface area contributed by atoms with E-state index in [9.17, 15) is 13.2 Å². The van der Waals surface area contributed by atoms with Crippen molar-refractivity contribution in [1.29, 1.82) is 0 Å². The molecule has 0 radical (unpaired) electrons. The van der Waals surface area contributed by atoms with Crippen molar-refractivity contribution in [2.75, 3.05) is 11.1 Å². The van der Waals surface area contributed by atoms with Crippen LogP contribution in [-0.2, 0) is 14.6 Å². The predicted octanol–water partition coefficient (Wildman–Crippen LogP) is 4.71. The van der Waals surface area contributed by atoms with Gasteiger partial charge in [-0.1, -0.05) is 34.5 Å². The van der Waals surface area contributed by atoms with Crippen molar-refractivity contribution in [3.05, 3.63) is 52.0 Å². The Morgan fingerprint density at radius 1 is 1.15 bits per heavy atom. The van der Waals surface area contributed by atoms with Crippen molar-refractivity contribution in [3.8, 4) is 0 Å². The van der Waals surface area contributed by atoms with E-state index in [1.165, 1.54) is 35.6 Å². The number of rotatable bonds is 5. The summed E-state index contributed by atoms with van der Waals surface area (Å²) in [6, 6.07) is 9.47. The highest BCUT2D eigenvalue weighted by Gasteiger charge is 2.17. The van der Waals surface area contributed by atoms with Crippen molar-refractivity contribution >= 4 is 65.6 Å². The molecule has 9 heteroatoms. The fourth-order valence-electron chi connectivity index (χ4n) is 2.32. The lowest BCUT2D eigenvalue weighted by Crippen LogP contribution is -2.17. The maximum Gasteiger partial charge on any atom is 0.227 e. The molecule has 3 aromatic rings. The van der Waals surface area contributed by atoms with Crippen LogP contribution >= 0.6 is 34.5 Å². The number of amides is 1. The van der Waals surface area contributed by atoms with Gasteiger partial charge in [0, 0.05) is 16.5 Å². The Hall–Kier alpha value is -1.67. The second kappa shape index (κ2) is 7.52. The first-order valence-corrected chi connectivity index (χ1v) is 10.8. The van der Waals surface area contributed by atoms with Crippen LogP contribution in [0.1, 0.15) is 12.0 Å². The number of fused-ring (bicyclic) bond motifs is 1. The number of hydrogen-bond acceptors (Lipinski definition) is 5. The van der Waals surface area contributed by atoms with E-state index in [0.29, 0.717) is 15.2 Å². The van der Waals surface area contributed by atoms with Gasteiger partial charge in [-0.05, 0) is 48.9 Å². The van der Waals surface area contributed by atoms with E-state index in [4.69, 9.17) is 23.2 Å². The summed E-state index contributed by atoms with van der Waals surface area (Å²) in [5, 5.41) is 4.13. The zero-order chi connectivity index (χ0) is 18.9. The fourth-order valence-corrected chi connectivity index (χ4v) is 4.78. The standard InChI is InChI=1S/C17H14Cl2N2O3S2/c1-10-13(19)6-7-14-16(10)21-17(25-14)20-15(22)8-9-26(23,24)12-4-2-11(18)3-5-12/h2-7H,8-9H2,1H3,(H,20,21,22). The third-order valence-corrected chi connectivity index (χ3v) is 7.09.